The lowest BCUT2D eigenvalue weighted by atomic mass is 9.45. The molecule has 0 unspecified atom stereocenters. The first-order valence-corrected chi connectivity index (χ1v) is 10.1. The molecule has 0 radical (unpaired) electrons. The molecule has 0 aromatic heterocycles. The van der Waals surface area contributed by atoms with Gasteiger partial charge in [-0.3, -0.25) is 4.79 Å². The van der Waals surface area contributed by atoms with Gasteiger partial charge < -0.3 is 5.11 Å². The summed E-state index contributed by atoms with van der Waals surface area (Å²) in [5, 5.41) is 10.1. The number of alkyl halides is 1. The molecule has 4 saturated carbocycles. The highest BCUT2D eigenvalue weighted by Gasteiger charge is 2.61. The molecule has 1 N–H and O–H groups in total. The predicted octanol–water partition coefficient (Wildman–Crippen LogP) is 4.33. The average Bonchev–Trinajstić information content (AvgIpc) is 2.72. The fourth-order valence-corrected chi connectivity index (χ4v) is 7.91. The highest BCUT2D eigenvalue weighted by atomic mass is 79.9. The highest BCUT2D eigenvalue weighted by Crippen LogP contribution is 2.65. The molecule has 0 aromatic rings. The monoisotopic (exact) mass is 368 g/mol. The second-order valence-electron chi connectivity index (χ2n) is 9.11. The van der Waals surface area contributed by atoms with Crippen molar-refractivity contribution < 1.29 is 9.90 Å². The number of hydrogen-bond donors (Lipinski definition) is 1. The number of rotatable bonds is 0. The molecule has 2 nitrogen and oxygen atoms in total. The van der Waals surface area contributed by atoms with E-state index in [2.05, 4.69) is 29.8 Å². The maximum Gasteiger partial charge on any atom is 0.152 e. The van der Waals surface area contributed by atoms with Gasteiger partial charge in [-0.25, -0.2) is 0 Å². The normalized spacial score (nSPS) is 57.9. The Kier molecular flexibility index (Phi) is 3.59. The number of carbonyl (C=O) groups excluding carboxylic acids is 1. The van der Waals surface area contributed by atoms with Crippen LogP contribution >= 0.6 is 15.9 Å². The zero-order chi connectivity index (χ0) is 15.7. The Bertz CT molecular complexity index is 492. The van der Waals surface area contributed by atoms with Gasteiger partial charge in [-0.2, -0.15) is 0 Å². The van der Waals surface area contributed by atoms with Crippen LogP contribution in [-0.4, -0.2) is 21.8 Å². The van der Waals surface area contributed by atoms with E-state index in [9.17, 15) is 9.90 Å². The van der Waals surface area contributed by atoms with Gasteiger partial charge in [-0.15, -0.1) is 0 Å². The Labute approximate surface area is 142 Å². The molecule has 3 heteroatoms. The summed E-state index contributed by atoms with van der Waals surface area (Å²) >= 11 is 3.65. The predicted molar refractivity (Wildman–Crippen MR) is 90.8 cm³/mol. The van der Waals surface area contributed by atoms with E-state index in [1.165, 1.54) is 25.7 Å². The van der Waals surface area contributed by atoms with Gasteiger partial charge in [0.15, 0.2) is 5.78 Å². The van der Waals surface area contributed by atoms with E-state index >= 15 is 0 Å². The summed E-state index contributed by atoms with van der Waals surface area (Å²) in [5.74, 6) is 3.29. The number of fused-ring (bicyclic) bond motifs is 5. The van der Waals surface area contributed by atoms with Gasteiger partial charge in [-0.1, -0.05) is 29.8 Å². The SMILES string of the molecule is C[C@]12CC[C@@H](O)C[C@@H]1CC[C@@H]1[C@@H]2CC[C@]2(C)C(=O)[C@H](Br)C[C@@H]12. The Hall–Kier alpha value is 0.110. The summed E-state index contributed by atoms with van der Waals surface area (Å²) in [5.41, 5.74) is 0.351. The largest absolute Gasteiger partial charge is 0.393 e. The van der Waals surface area contributed by atoms with Crippen molar-refractivity contribution in [2.24, 2.45) is 34.5 Å². The molecule has 4 aliphatic rings. The molecule has 4 rings (SSSR count). The smallest absolute Gasteiger partial charge is 0.152 e. The van der Waals surface area contributed by atoms with Crippen molar-refractivity contribution >= 4 is 21.7 Å². The quantitative estimate of drug-likeness (QED) is 0.646. The van der Waals surface area contributed by atoms with Gasteiger partial charge in [0.25, 0.3) is 0 Å². The molecule has 124 valence electrons. The van der Waals surface area contributed by atoms with E-state index in [0.717, 1.165) is 37.5 Å². The first-order valence-electron chi connectivity index (χ1n) is 9.23. The van der Waals surface area contributed by atoms with E-state index in [4.69, 9.17) is 0 Å². The Balaban J connectivity index is 1.64. The number of aliphatic hydroxyl groups excluding tert-OH is 1. The third-order valence-corrected chi connectivity index (χ3v) is 9.13. The summed E-state index contributed by atoms with van der Waals surface area (Å²) in [4.78, 5) is 12.8. The lowest BCUT2D eigenvalue weighted by Crippen LogP contribution is -2.54. The van der Waals surface area contributed by atoms with Crippen LogP contribution in [0.15, 0.2) is 0 Å². The van der Waals surface area contributed by atoms with Gasteiger partial charge >= 0.3 is 0 Å². The van der Waals surface area contributed by atoms with Crippen LogP contribution in [0.4, 0.5) is 0 Å². The third kappa shape index (κ3) is 1.97. The summed E-state index contributed by atoms with van der Waals surface area (Å²) < 4.78 is 0. The molecular formula is C19H29BrO2. The maximum absolute atomic E-state index is 12.7. The van der Waals surface area contributed by atoms with Crippen LogP contribution in [0, 0.1) is 34.5 Å². The van der Waals surface area contributed by atoms with Gasteiger partial charge in [0, 0.05) is 5.41 Å². The molecule has 0 aromatic carbocycles. The van der Waals surface area contributed by atoms with Gasteiger partial charge in [0.05, 0.1) is 10.9 Å². The van der Waals surface area contributed by atoms with Crippen LogP contribution in [0.1, 0.15) is 65.2 Å². The summed E-state index contributed by atoms with van der Waals surface area (Å²) in [6, 6.07) is 0. The Morgan fingerprint density at radius 1 is 1.05 bits per heavy atom. The minimum absolute atomic E-state index is 0.0628. The van der Waals surface area contributed by atoms with Gasteiger partial charge in [0.1, 0.15) is 0 Å². The summed E-state index contributed by atoms with van der Waals surface area (Å²) in [6.45, 7) is 4.75. The molecule has 0 spiro atoms. The van der Waals surface area contributed by atoms with Crippen molar-refractivity contribution in [3.63, 3.8) is 0 Å². The zero-order valence-electron chi connectivity index (χ0n) is 13.9. The molecule has 0 bridgehead atoms. The van der Waals surface area contributed by atoms with Crippen LogP contribution in [0.2, 0.25) is 0 Å². The third-order valence-electron chi connectivity index (χ3n) is 8.34. The van der Waals surface area contributed by atoms with E-state index < -0.39 is 0 Å². The number of aliphatic hydroxyl groups is 1. The molecule has 22 heavy (non-hydrogen) atoms. The lowest BCUT2D eigenvalue weighted by Gasteiger charge is -2.60. The first kappa shape index (κ1) is 15.6. The average molecular weight is 369 g/mol. The molecule has 4 fully saturated rings. The van der Waals surface area contributed by atoms with Crippen molar-refractivity contribution in [2.45, 2.75) is 76.1 Å². The Morgan fingerprint density at radius 3 is 2.59 bits per heavy atom. The zero-order valence-corrected chi connectivity index (χ0v) is 15.4. The number of Topliss-reactive ketones (excluding diaryl/α,β-unsaturated/α-hetero) is 1. The van der Waals surface area contributed by atoms with E-state index in [1.54, 1.807) is 0 Å². The second-order valence-corrected chi connectivity index (χ2v) is 10.2. The topological polar surface area (TPSA) is 37.3 Å². The fraction of sp³-hybridized carbons (Fsp3) is 0.947. The van der Waals surface area contributed by atoms with Crippen molar-refractivity contribution in [3.8, 4) is 0 Å². The van der Waals surface area contributed by atoms with E-state index in [0.29, 0.717) is 23.0 Å². The van der Waals surface area contributed by atoms with Crippen LogP contribution < -0.4 is 0 Å². The number of carbonyl (C=O) groups is 1. The van der Waals surface area contributed by atoms with Crippen molar-refractivity contribution in [2.75, 3.05) is 0 Å². The van der Waals surface area contributed by atoms with Gasteiger partial charge in [0.2, 0.25) is 0 Å². The van der Waals surface area contributed by atoms with Crippen molar-refractivity contribution in [1.82, 2.24) is 0 Å². The molecular weight excluding hydrogens is 340 g/mol. The fourth-order valence-electron chi connectivity index (χ4n) is 6.98. The van der Waals surface area contributed by atoms with E-state index in [-0.39, 0.29) is 16.3 Å². The van der Waals surface area contributed by atoms with Crippen molar-refractivity contribution in [3.05, 3.63) is 0 Å². The number of halogens is 1. The van der Waals surface area contributed by atoms with Crippen LogP contribution in [0.25, 0.3) is 0 Å². The van der Waals surface area contributed by atoms with Crippen LogP contribution in [0.3, 0.4) is 0 Å². The van der Waals surface area contributed by atoms with Crippen molar-refractivity contribution in [1.29, 1.82) is 0 Å². The number of hydrogen-bond acceptors (Lipinski definition) is 2. The molecule has 0 saturated heterocycles. The minimum Gasteiger partial charge on any atom is -0.393 e. The lowest BCUT2D eigenvalue weighted by molar-refractivity contribution is -0.142. The molecule has 0 aliphatic heterocycles. The highest BCUT2D eigenvalue weighted by molar-refractivity contribution is 9.10. The molecule has 0 amide bonds. The summed E-state index contributed by atoms with van der Waals surface area (Å²) in [7, 11) is 0. The van der Waals surface area contributed by atoms with E-state index in [1.807, 2.05) is 0 Å². The molecule has 4 aliphatic carbocycles. The first-order chi connectivity index (χ1) is 10.4. The minimum atomic E-state index is -0.0662. The number of ketones is 1. The molecule has 0 heterocycles. The maximum atomic E-state index is 12.7. The standard InChI is InChI=1S/C19H29BrO2/c1-18-7-5-12(21)9-11(18)3-4-13-14(18)6-8-19(2)15(13)10-16(20)17(19)22/h11-16,21H,3-10H2,1-2H3/t11-,12+,13+,14-,15-,16+,18-,19-/m0/s1. The molecule has 8 atom stereocenters. The van der Waals surface area contributed by atoms with Gasteiger partial charge in [-0.05, 0) is 80.5 Å². The van der Waals surface area contributed by atoms with Crippen LogP contribution in [-0.2, 0) is 4.79 Å². The summed E-state index contributed by atoms with van der Waals surface area (Å²) in [6.07, 6.45) is 9.04. The van der Waals surface area contributed by atoms with Crippen LogP contribution in [0.5, 0.6) is 0 Å². The Morgan fingerprint density at radius 2 is 1.82 bits per heavy atom. The second kappa shape index (κ2) is 5.05.